The molecule has 140 valence electrons. The standard InChI is InChI=1S/C20H23N5O2/c1-12(2)19(26)24-20(27)14(4)23-17-13(3)21-11-22-18(17)25-10-9-15-7-5-6-8-16(15)25/h5-8,11,26H,9-10H2,1-4H3,(H,24,27). The predicted octanol–water partition coefficient (Wildman–Crippen LogP) is 3.50. The number of aliphatic imine (C=N–C) groups is 1. The van der Waals surface area contributed by atoms with Gasteiger partial charge in [-0.3, -0.25) is 10.1 Å². The predicted molar refractivity (Wildman–Crippen MR) is 106 cm³/mol. The first-order valence-corrected chi connectivity index (χ1v) is 8.78. The first kappa shape index (κ1) is 18.6. The van der Waals surface area contributed by atoms with E-state index in [2.05, 4.69) is 37.3 Å². The van der Waals surface area contributed by atoms with Crippen molar-refractivity contribution in [3.8, 4) is 0 Å². The highest BCUT2D eigenvalue weighted by molar-refractivity contribution is 6.38. The molecule has 0 aliphatic carbocycles. The van der Waals surface area contributed by atoms with Crippen molar-refractivity contribution in [2.45, 2.75) is 34.1 Å². The van der Waals surface area contributed by atoms with E-state index in [1.807, 2.05) is 19.1 Å². The number of nitrogens with one attached hydrogen (secondary N) is 1. The number of benzene rings is 1. The van der Waals surface area contributed by atoms with Crippen LogP contribution in [0.4, 0.5) is 17.2 Å². The highest BCUT2D eigenvalue weighted by Crippen LogP contribution is 2.38. The number of rotatable bonds is 4. The van der Waals surface area contributed by atoms with Crippen LogP contribution in [0.3, 0.4) is 0 Å². The van der Waals surface area contributed by atoms with Gasteiger partial charge in [0.2, 0.25) is 0 Å². The second-order valence-electron chi connectivity index (χ2n) is 6.66. The number of hydrogen-bond acceptors (Lipinski definition) is 6. The molecule has 0 bridgehead atoms. The number of carbonyl (C=O) groups excluding carboxylic acids is 1. The summed E-state index contributed by atoms with van der Waals surface area (Å²) >= 11 is 0. The van der Waals surface area contributed by atoms with E-state index in [-0.39, 0.29) is 11.6 Å². The molecule has 1 aliphatic heterocycles. The van der Waals surface area contributed by atoms with Crippen molar-refractivity contribution in [2.24, 2.45) is 4.99 Å². The van der Waals surface area contributed by atoms with Gasteiger partial charge in [0.1, 0.15) is 17.7 Å². The Balaban J connectivity index is 1.98. The average Bonchev–Trinajstić information content (AvgIpc) is 3.07. The number of aliphatic hydroxyl groups excluding tert-OH is 1. The Morgan fingerprint density at radius 3 is 2.70 bits per heavy atom. The number of carbonyl (C=O) groups is 1. The average molecular weight is 365 g/mol. The van der Waals surface area contributed by atoms with Gasteiger partial charge >= 0.3 is 0 Å². The van der Waals surface area contributed by atoms with Crippen LogP contribution in [0.5, 0.6) is 0 Å². The third-order valence-electron chi connectivity index (χ3n) is 4.44. The van der Waals surface area contributed by atoms with Gasteiger partial charge < -0.3 is 10.0 Å². The molecule has 1 aromatic heterocycles. The number of fused-ring (bicyclic) bond motifs is 1. The number of para-hydroxylation sites is 1. The zero-order valence-electron chi connectivity index (χ0n) is 15.9. The minimum Gasteiger partial charge on any atom is -0.495 e. The van der Waals surface area contributed by atoms with E-state index in [1.165, 1.54) is 11.9 Å². The minimum atomic E-state index is -0.468. The molecule has 0 fully saturated rings. The van der Waals surface area contributed by atoms with Gasteiger partial charge in [0.15, 0.2) is 11.7 Å². The number of aromatic nitrogens is 2. The second kappa shape index (κ2) is 7.57. The number of nitrogens with zero attached hydrogens (tertiary/aromatic N) is 4. The molecule has 3 rings (SSSR count). The maximum atomic E-state index is 12.3. The molecule has 0 unspecified atom stereocenters. The zero-order chi connectivity index (χ0) is 19.6. The van der Waals surface area contributed by atoms with Crippen LogP contribution in [0.1, 0.15) is 32.0 Å². The van der Waals surface area contributed by atoms with Crippen molar-refractivity contribution in [2.75, 3.05) is 11.4 Å². The summed E-state index contributed by atoms with van der Waals surface area (Å²) in [7, 11) is 0. The number of anilines is 2. The summed E-state index contributed by atoms with van der Waals surface area (Å²) in [5.41, 5.74) is 4.42. The SMILES string of the molecule is CC(=Nc1c(C)ncnc1N1CCc2ccccc21)C(=O)NC(O)=C(C)C. The number of amides is 1. The van der Waals surface area contributed by atoms with Crippen molar-refractivity contribution in [3.63, 3.8) is 0 Å². The van der Waals surface area contributed by atoms with Crippen LogP contribution in [-0.4, -0.2) is 33.2 Å². The van der Waals surface area contributed by atoms with Gasteiger partial charge in [-0.1, -0.05) is 18.2 Å². The molecule has 27 heavy (non-hydrogen) atoms. The molecule has 0 atom stereocenters. The highest BCUT2D eigenvalue weighted by Gasteiger charge is 2.24. The molecule has 1 aromatic carbocycles. The van der Waals surface area contributed by atoms with E-state index in [0.717, 1.165) is 18.7 Å². The van der Waals surface area contributed by atoms with Crippen molar-refractivity contribution in [1.82, 2.24) is 15.3 Å². The van der Waals surface area contributed by atoms with Crippen LogP contribution < -0.4 is 10.2 Å². The lowest BCUT2D eigenvalue weighted by Crippen LogP contribution is -2.29. The van der Waals surface area contributed by atoms with Crippen LogP contribution in [0, 0.1) is 6.92 Å². The van der Waals surface area contributed by atoms with Crippen molar-refractivity contribution >= 4 is 28.8 Å². The lowest BCUT2D eigenvalue weighted by Gasteiger charge is -2.20. The summed E-state index contributed by atoms with van der Waals surface area (Å²) in [6, 6.07) is 8.18. The Hall–Kier alpha value is -3.22. The molecule has 7 heteroatoms. The maximum Gasteiger partial charge on any atom is 0.272 e. The van der Waals surface area contributed by atoms with Crippen molar-refractivity contribution < 1.29 is 9.90 Å². The van der Waals surface area contributed by atoms with Crippen LogP contribution in [0.25, 0.3) is 0 Å². The molecular weight excluding hydrogens is 342 g/mol. The molecule has 2 heterocycles. The Morgan fingerprint density at radius 2 is 1.96 bits per heavy atom. The molecule has 2 N–H and O–H groups in total. The number of hydrogen-bond donors (Lipinski definition) is 2. The summed E-state index contributed by atoms with van der Waals surface area (Å²) in [6.07, 6.45) is 2.44. The molecular formula is C20H23N5O2. The van der Waals surface area contributed by atoms with Gasteiger partial charge in [0.05, 0.1) is 5.69 Å². The Bertz CT molecular complexity index is 945. The smallest absolute Gasteiger partial charge is 0.272 e. The summed E-state index contributed by atoms with van der Waals surface area (Å²) in [5, 5.41) is 12.2. The lowest BCUT2D eigenvalue weighted by molar-refractivity contribution is -0.114. The third kappa shape index (κ3) is 3.81. The highest BCUT2D eigenvalue weighted by atomic mass is 16.3. The lowest BCUT2D eigenvalue weighted by atomic mass is 10.2. The number of allylic oxidation sites excluding steroid dienone is 1. The second-order valence-corrected chi connectivity index (χ2v) is 6.66. The zero-order valence-corrected chi connectivity index (χ0v) is 15.9. The Kier molecular flexibility index (Phi) is 5.21. The monoisotopic (exact) mass is 365 g/mol. The number of aryl methyl sites for hydroxylation is 1. The van der Waals surface area contributed by atoms with Gasteiger partial charge in [0.25, 0.3) is 5.91 Å². The van der Waals surface area contributed by atoms with E-state index in [1.54, 1.807) is 20.8 Å². The summed E-state index contributed by atoms with van der Waals surface area (Å²) in [6.45, 7) is 7.65. The van der Waals surface area contributed by atoms with Crippen LogP contribution >= 0.6 is 0 Å². The van der Waals surface area contributed by atoms with Crippen molar-refractivity contribution in [3.05, 3.63) is 53.3 Å². The van der Waals surface area contributed by atoms with E-state index in [0.29, 0.717) is 22.8 Å². The Morgan fingerprint density at radius 1 is 1.22 bits per heavy atom. The third-order valence-corrected chi connectivity index (χ3v) is 4.44. The summed E-state index contributed by atoms with van der Waals surface area (Å²) < 4.78 is 0. The van der Waals surface area contributed by atoms with Gasteiger partial charge in [0, 0.05) is 12.2 Å². The molecule has 7 nitrogen and oxygen atoms in total. The van der Waals surface area contributed by atoms with Gasteiger partial charge in [-0.2, -0.15) is 0 Å². The molecule has 0 radical (unpaired) electrons. The van der Waals surface area contributed by atoms with E-state index in [4.69, 9.17) is 0 Å². The molecule has 1 aliphatic rings. The quantitative estimate of drug-likeness (QED) is 0.639. The van der Waals surface area contributed by atoms with Crippen LogP contribution in [-0.2, 0) is 11.2 Å². The fourth-order valence-electron chi connectivity index (χ4n) is 2.88. The van der Waals surface area contributed by atoms with Gasteiger partial charge in [-0.25, -0.2) is 15.0 Å². The van der Waals surface area contributed by atoms with E-state index < -0.39 is 5.91 Å². The topological polar surface area (TPSA) is 90.7 Å². The largest absolute Gasteiger partial charge is 0.495 e. The van der Waals surface area contributed by atoms with Crippen LogP contribution in [0.15, 0.2) is 47.0 Å². The minimum absolute atomic E-state index is 0.163. The van der Waals surface area contributed by atoms with Crippen LogP contribution in [0.2, 0.25) is 0 Å². The fraction of sp³-hybridized carbons (Fsp3) is 0.300. The summed E-state index contributed by atoms with van der Waals surface area (Å²) in [5.74, 6) is 0.0417. The first-order valence-electron chi connectivity index (χ1n) is 8.78. The Labute approximate surface area is 158 Å². The molecule has 2 aromatic rings. The van der Waals surface area contributed by atoms with Gasteiger partial charge in [-0.15, -0.1) is 0 Å². The molecule has 0 saturated heterocycles. The first-order chi connectivity index (χ1) is 12.9. The van der Waals surface area contributed by atoms with Crippen molar-refractivity contribution in [1.29, 1.82) is 0 Å². The molecule has 1 amide bonds. The van der Waals surface area contributed by atoms with E-state index >= 15 is 0 Å². The number of aliphatic hydroxyl groups is 1. The fourth-order valence-corrected chi connectivity index (χ4v) is 2.88. The van der Waals surface area contributed by atoms with Gasteiger partial charge in [-0.05, 0) is 51.3 Å². The summed E-state index contributed by atoms with van der Waals surface area (Å²) in [4.78, 5) is 27.6. The van der Waals surface area contributed by atoms with E-state index in [9.17, 15) is 9.90 Å². The molecule has 0 saturated carbocycles. The molecule has 0 spiro atoms. The maximum absolute atomic E-state index is 12.3. The normalized spacial score (nSPS) is 13.3.